The van der Waals surface area contributed by atoms with Crippen molar-refractivity contribution < 1.29 is 32.6 Å². The van der Waals surface area contributed by atoms with E-state index in [1.54, 1.807) is 0 Å². The van der Waals surface area contributed by atoms with Gasteiger partial charge in [0.15, 0.2) is 6.10 Å². The second kappa shape index (κ2) is 8.00. The Balaban J connectivity index is 2.29. The van der Waals surface area contributed by atoms with E-state index in [0.29, 0.717) is 6.54 Å². The lowest BCUT2D eigenvalue weighted by Gasteiger charge is -2.31. The van der Waals surface area contributed by atoms with Crippen LogP contribution >= 0.6 is 0 Å². The molecule has 8 heteroatoms. The number of morpholine rings is 1. The number of nitrogens with zero attached hydrogens (tertiary/aromatic N) is 1. The van der Waals surface area contributed by atoms with Gasteiger partial charge in [0.05, 0.1) is 33.3 Å². The number of hydrogen-bond donors (Lipinski definition) is 0. The molecule has 0 saturated carbocycles. The molecule has 0 spiro atoms. The minimum absolute atomic E-state index is 0.000608. The van der Waals surface area contributed by atoms with Gasteiger partial charge in [0.2, 0.25) is 5.91 Å². The van der Waals surface area contributed by atoms with E-state index < -0.39 is 25.1 Å². The Bertz CT molecular complexity index is 313. The van der Waals surface area contributed by atoms with Gasteiger partial charge in [-0.3, -0.25) is 4.79 Å². The number of halogens is 2. The maximum atomic E-state index is 11.8. The summed E-state index contributed by atoms with van der Waals surface area (Å²) in [6, 6.07) is 0. The van der Waals surface area contributed by atoms with E-state index in [-0.39, 0.29) is 32.1 Å². The minimum atomic E-state index is -2.54. The zero-order chi connectivity index (χ0) is 14.3. The predicted octanol–water partition coefficient (Wildman–Crippen LogP) is 0.0586. The van der Waals surface area contributed by atoms with Crippen LogP contribution in [0, 0.1) is 0 Å². The molecule has 1 saturated heterocycles. The molecule has 0 N–H and O–H groups in total. The Morgan fingerprint density at radius 1 is 1.47 bits per heavy atom. The summed E-state index contributed by atoms with van der Waals surface area (Å²) in [4.78, 5) is 24.5. The number of alkyl halides is 2. The first kappa shape index (κ1) is 15.8. The molecule has 1 amide bonds. The van der Waals surface area contributed by atoms with Gasteiger partial charge in [-0.1, -0.05) is 0 Å². The lowest BCUT2D eigenvalue weighted by molar-refractivity contribution is -0.162. The smallest absolute Gasteiger partial charge is 0.336 e. The number of esters is 1. The molecule has 0 aromatic heterocycles. The molecule has 0 bridgehead atoms. The summed E-state index contributed by atoms with van der Waals surface area (Å²) in [5.74, 6) is -0.794. The molecule has 19 heavy (non-hydrogen) atoms. The van der Waals surface area contributed by atoms with E-state index in [9.17, 15) is 18.4 Å². The summed E-state index contributed by atoms with van der Waals surface area (Å²) in [5, 5.41) is 0. The Labute approximate surface area is 109 Å². The van der Waals surface area contributed by atoms with Crippen LogP contribution in [0.15, 0.2) is 0 Å². The SMILES string of the molecule is COC(=O)C1CN(C(=O)CCOCC(F)F)CCO1. The van der Waals surface area contributed by atoms with Gasteiger partial charge in [0.1, 0.15) is 6.61 Å². The fourth-order valence-electron chi connectivity index (χ4n) is 1.64. The van der Waals surface area contributed by atoms with Crippen LogP contribution in [-0.4, -0.2) is 69.3 Å². The van der Waals surface area contributed by atoms with E-state index in [1.165, 1.54) is 12.0 Å². The van der Waals surface area contributed by atoms with Crippen molar-refractivity contribution in [3.8, 4) is 0 Å². The molecule has 1 fully saturated rings. The standard InChI is InChI=1S/C11H17F2NO5/c1-17-11(16)8-6-14(3-5-19-8)10(15)2-4-18-7-9(12)13/h8-9H,2-7H2,1H3. The van der Waals surface area contributed by atoms with Crippen molar-refractivity contribution in [2.24, 2.45) is 0 Å². The van der Waals surface area contributed by atoms with Crippen molar-refractivity contribution in [2.75, 3.05) is 40.0 Å². The van der Waals surface area contributed by atoms with E-state index in [1.807, 2.05) is 0 Å². The van der Waals surface area contributed by atoms with Crippen molar-refractivity contribution in [3.05, 3.63) is 0 Å². The molecule has 0 aromatic rings. The molecule has 1 heterocycles. The number of rotatable bonds is 6. The van der Waals surface area contributed by atoms with Crippen LogP contribution in [0.2, 0.25) is 0 Å². The van der Waals surface area contributed by atoms with Crippen LogP contribution in [0.1, 0.15) is 6.42 Å². The van der Waals surface area contributed by atoms with Crippen LogP contribution in [0.25, 0.3) is 0 Å². The fraction of sp³-hybridized carbons (Fsp3) is 0.818. The Morgan fingerprint density at radius 3 is 2.84 bits per heavy atom. The van der Waals surface area contributed by atoms with Crippen molar-refractivity contribution in [3.63, 3.8) is 0 Å². The van der Waals surface area contributed by atoms with E-state index >= 15 is 0 Å². The fourth-order valence-corrected chi connectivity index (χ4v) is 1.64. The van der Waals surface area contributed by atoms with E-state index in [4.69, 9.17) is 4.74 Å². The topological polar surface area (TPSA) is 65.1 Å². The highest BCUT2D eigenvalue weighted by Crippen LogP contribution is 2.08. The first-order chi connectivity index (χ1) is 9.04. The van der Waals surface area contributed by atoms with E-state index in [2.05, 4.69) is 9.47 Å². The summed E-state index contributed by atoms with van der Waals surface area (Å²) >= 11 is 0. The van der Waals surface area contributed by atoms with Crippen molar-refractivity contribution >= 4 is 11.9 Å². The van der Waals surface area contributed by atoms with Crippen LogP contribution in [0.3, 0.4) is 0 Å². The Kier molecular flexibility index (Phi) is 6.65. The van der Waals surface area contributed by atoms with Gasteiger partial charge >= 0.3 is 5.97 Å². The molecule has 0 aliphatic carbocycles. The maximum Gasteiger partial charge on any atom is 0.336 e. The first-order valence-electron chi connectivity index (χ1n) is 5.87. The normalized spacial score (nSPS) is 19.6. The second-order valence-electron chi connectivity index (χ2n) is 3.94. The molecule has 110 valence electrons. The number of amides is 1. The van der Waals surface area contributed by atoms with Gasteiger partial charge in [0, 0.05) is 6.54 Å². The number of carbonyl (C=O) groups is 2. The van der Waals surface area contributed by atoms with E-state index in [0.717, 1.165) is 0 Å². The van der Waals surface area contributed by atoms with Crippen LogP contribution < -0.4 is 0 Å². The van der Waals surface area contributed by atoms with Crippen LogP contribution in [0.5, 0.6) is 0 Å². The third-order valence-electron chi connectivity index (χ3n) is 2.59. The van der Waals surface area contributed by atoms with Gasteiger partial charge in [-0.15, -0.1) is 0 Å². The Hall–Kier alpha value is -1.28. The highest BCUT2D eigenvalue weighted by atomic mass is 19.3. The molecule has 0 aromatic carbocycles. The number of hydrogen-bond acceptors (Lipinski definition) is 5. The van der Waals surface area contributed by atoms with Gasteiger partial charge in [-0.05, 0) is 0 Å². The van der Waals surface area contributed by atoms with Gasteiger partial charge < -0.3 is 19.1 Å². The number of carbonyl (C=O) groups excluding carboxylic acids is 2. The highest BCUT2D eigenvalue weighted by Gasteiger charge is 2.29. The maximum absolute atomic E-state index is 11.8. The number of methoxy groups -OCH3 is 1. The first-order valence-corrected chi connectivity index (χ1v) is 5.87. The van der Waals surface area contributed by atoms with Gasteiger partial charge in [-0.25, -0.2) is 13.6 Å². The summed E-state index contributed by atoms with van der Waals surface area (Å²) in [7, 11) is 1.24. The molecule has 1 aliphatic heterocycles. The second-order valence-corrected chi connectivity index (χ2v) is 3.94. The van der Waals surface area contributed by atoms with Gasteiger partial charge in [0.25, 0.3) is 6.43 Å². The average Bonchev–Trinajstić information content (AvgIpc) is 2.42. The lowest BCUT2D eigenvalue weighted by atomic mass is 10.2. The molecule has 1 unspecified atom stereocenters. The summed E-state index contributed by atoms with van der Waals surface area (Å²) in [6.07, 6.45) is -3.33. The zero-order valence-electron chi connectivity index (χ0n) is 10.6. The third-order valence-corrected chi connectivity index (χ3v) is 2.59. The highest BCUT2D eigenvalue weighted by molar-refractivity contribution is 5.79. The molecular formula is C11H17F2NO5. The van der Waals surface area contributed by atoms with Crippen molar-refractivity contribution in [2.45, 2.75) is 19.0 Å². The molecular weight excluding hydrogens is 264 g/mol. The Morgan fingerprint density at radius 2 is 2.21 bits per heavy atom. The lowest BCUT2D eigenvalue weighted by Crippen LogP contribution is -2.49. The molecule has 6 nitrogen and oxygen atoms in total. The third kappa shape index (κ3) is 5.48. The number of ether oxygens (including phenoxy) is 3. The molecule has 1 rings (SSSR count). The summed E-state index contributed by atoms with van der Waals surface area (Å²) < 4.78 is 37.9. The van der Waals surface area contributed by atoms with Crippen LogP contribution in [0.4, 0.5) is 8.78 Å². The summed E-state index contributed by atoms with van der Waals surface area (Å²) in [5.41, 5.74) is 0. The quantitative estimate of drug-likeness (QED) is 0.509. The molecule has 1 atom stereocenters. The monoisotopic (exact) mass is 281 g/mol. The average molecular weight is 281 g/mol. The van der Waals surface area contributed by atoms with Crippen LogP contribution in [-0.2, 0) is 23.8 Å². The van der Waals surface area contributed by atoms with Crippen molar-refractivity contribution in [1.29, 1.82) is 0 Å². The predicted molar refractivity (Wildman–Crippen MR) is 59.8 cm³/mol. The summed E-state index contributed by atoms with van der Waals surface area (Å²) in [6.45, 7) is -0.0322. The molecule has 0 radical (unpaired) electrons. The zero-order valence-corrected chi connectivity index (χ0v) is 10.6. The molecule has 1 aliphatic rings. The van der Waals surface area contributed by atoms with Crippen molar-refractivity contribution in [1.82, 2.24) is 4.90 Å². The largest absolute Gasteiger partial charge is 0.467 e. The minimum Gasteiger partial charge on any atom is -0.467 e. The van der Waals surface area contributed by atoms with Gasteiger partial charge in [-0.2, -0.15) is 0 Å².